The molecule has 1 atom stereocenters. The molecule has 184 valence electrons. The van der Waals surface area contributed by atoms with Gasteiger partial charge in [0.25, 0.3) is 0 Å². The van der Waals surface area contributed by atoms with Crippen molar-refractivity contribution >= 4 is 35.3 Å². The molecule has 1 saturated heterocycles. The third-order valence-corrected chi connectivity index (χ3v) is 5.51. The van der Waals surface area contributed by atoms with Gasteiger partial charge in [0.15, 0.2) is 0 Å². The number of urea groups is 1. The van der Waals surface area contributed by atoms with Crippen molar-refractivity contribution in [1.82, 2.24) is 15.5 Å². The highest BCUT2D eigenvalue weighted by Gasteiger charge is 2.28. The number of hydrogen-bond donors (Lipinski definition) is 3. The van der Waals surface area contributed by atoms with Crippen LogP contribution in [0, 0.1) is 11.8 Å². The predicted octanol–water partition coefficient (Wildman–Crippen LogP) is 4.64. The number of piperidine rings is 1. The number of hydrogen-bond acceptors (Lipinski definition) is 4. The number of carbonyl (C=O) groups excluding carboxylic acids is 3. The van der Waals surface area contributed by atoms with Gasteiger partial charge < -0.3 is 25.6 Å². The maximum atomic E-state index is 12.8. The first-order chi connectivity index (χ1) is 15.4. The van der Waals surface area contributed by atoms with Gasteiger partial charge in [-0.1, -0.05) is 25.4 Å². The molecular weight excluding hydrogens is 444 g/mol. The Kier molecular flexibility index (Phi) is 9.83. The lowest BCUT2D eigenvalue weighted by Gasteiger charge is -2.33. The largest absolute Gasteiger partial charge is 0.444 e. The minimum Gasteiger partial charge on any atom is -0.444 e. The molecule has 9 heteroatoms. The topological polar surface area (TPSA) is 99.8 Å². The number of nitrogens with zero attached hydrogens (tertiary/aromatic N) is 1. The fraction of sp³-hybridized carbons (Fsp3) is 0.625. The first kappa shape index (κ1) is 26.8. The van der Waals surface area contributed by atoms with E-state index in [0.717, 1.165) is 12.8 Å². The van der Waals surface area contributed by atoms with Crippen molar-refractivity contribution in [2.75, 3.05) is 25.0 Å². The second-order valence-electron chi connectivity index (χ2n) is 9.94. The summed E-state index contributed by atoms with van der Waals surface area (Å²) in [5.74, 6) is 0.299. The van der Waals surface area contributed by atoms with Gasteiger partial charge in [-0.3, -0.25) is 4.79 Å². The van der Waals surface area contributed by atoms with E-state index in [1.807, 2.05) is 34.6 Å². The Morgan fingerprint density at radius 1 is 1.12 bits per heavy atom. The second kappa shape index (κ2) is 12.1. The zero-order valence-electron chi connectivity index (χ0n) is 20.2. The van der Waals surface area contributed by atoms with Gasteiger partial charge in [0, 0.05) is 30.3 Å². The van der Waals surface area contributed by atoms with E-state index in [4.69, 9.17) is 16.3 Å². The van der Waals surface area contributed by atoms with Gasteiger partial charge in [-0.05, 0) is 76.1 Å². The van der Waals surface area contributed by atoms with Crippen LogP contribution in [0.5, 0.6) is 0 Å². The summed E-state index contributed by atoms with van der Waals surface area (Å²) in [6.07, 6.45) is 1.81. The van der Waals surface area contributed by atoms with Gasteiger partial charge in [0.2, 0.25) is 5.91 Å². The van der Waals surface area contributed by atoms with E-state index in [-0.39, 0.29) is 23.8 Å². The van der Waals surface area contributed by atoms with Gasteiger partial charge in [-0.25, -0.2) is 9.59 Å². The van der Waals surface area contributed by atoms with Crippen LogP contribution in [0.3, 0.4) is 0 Å². The molecule has 0 aromatic heterocycles. The molecule has 33 heavy (non-hydrogen) atoms. The molecule has 0 aliphatic carbocycles. The molecule has 0 saturated carbocycles. The summed E-state index contributed by atoms with van der Waals surface area (Å²) in [4.78, 5) is 39.2. The second-order valence-corrected chi connectivity index (χ2v) is 10.4. The van der Waals surface area contributed by atoms with E-state index < -0.39 is 17.7 Å². The Balaban J connectivity index is 1.81. The summed E-state index contributed by atoms with van der Waals surface area (Å²) < 4.78 is 5.43. The van der Waals surface area contributed by atoms with E-state index in [0.29, 0.717) is 36.8 Å². The minimum absolute atomic E-state index is 0.204. The molecule has 1 aliphatic heterocycles. The Hall–Kier alpha value is -2.48. The van der Waals surface area contributed by atoms with Crippen LogP contribution >= 0.6 is 11.6 Å². The van der Waals surface area contributed by atoms with Gasteiger partial charge >= 0.3 is 12.1 Å². The maximum Gasteiger partial charge on any atom is 0.410 e. The SMILES string of the molecule is CC(C)C[C@@H](NC(=O)Nc1ccc(Cl)cc1)C(=O)NCC1CCN(C(=O)OC(C)(C)C)CC1. The number of nitrogens with one attached hydrogen (secondary N) is 3. The highest BCUT2D eigenvalue weighted by atomic mass is 35.5. The first-order valence-corrected chi connectivity index (χ1v) is 11.9. The molecule has 1 fully saturated rings. The van der Waals surface area contributed by atoms with Crippen molar-refractivity contribution in [3.8, 4) is 0 Å². The van der Waals surface area contributed by atoms with Crippen molar-refractivity contribution in [2.45, 2.75) is 65.5 Å². The number of halogens is 1. The number of ether oxygens (including phenoxy) is 1. The van der Waals surface area contributed by atoms with Crippen molar-refractivity contribution in [3.05, 3.63) is 29.3 Å². The van der Waals surface area contributed by atoms with E-state index >= 15 is 0 Å². The summed E-state index contributed by atoms with van der Waals surface area (Å²) in [5.41, 5.74) is 0.0811. The van der Waals surface area contributed by atoms with Crippen LogP contribution in [0.1, 0.15) is 53.9 Å². The number of amides is 4. The summed E-state index contributed by atoms with van der Waals surface area (Å²) >= 11 is 5.87. The smallest absolute Gasteiger partial charge is 0.410 e. The quantitative estimate of drug-likeness (QED) is 0.529. The van der Waals surface area contributed by atoms with E-state index in [1.165, 1.54) is 0 Å². The number of likely N-dealkylation sites (tertiary alicyclic amines) is 1. The Bertz CT molecular complexity index is 800. The predicted molar refractivity (Wildman–Crippen MR) is 130 cm³/mol. The van der Waals surface area contributed by atoms with Crippen LogP contribution in [0.25, 0.3) is 0 Å². The average molecular weight is 481 g/mol. The fourth-order valence-electron chi connectivity index (χ4n) is 3.58. The normalized spacial score (nSPS) is 15.7. The van der Waals surface area contributed by atoms with E-state index in [2.05, 4.69) is 16.0 Å². The van der Waals surface area contributed by atoms with Gasteiger partial charge in [0.1, 0.15) is 11.6 Å². The minimum atomic E-state index is -0.640. The Morgan fingerprint density at radius 2 is 1.73 bits per heavy atom. The average Bonchev–Trinajstić information content (AvgIpc) is 2.72. The Morgan fingerprint density at radius 3 is 2.27 bits per heavy atom. The first-order valence-electron chi connectivity index (χ1n) is 11.5. The zero-order valence-corrected chi connectivity index (χ0v) is 21.0. The van der Waals surface area contributed by atoms with E-state index in [9.17, 15) is 14.4 Å². The molecule has 1 heterocycles. The summed E-state index contributed by atoms with van der Waals surface area (Å²) in [5, 5.41) is 9.07. The third-order valence-electron chi connectivity index (χ3n) is 5.26. The zero-order chi connectivity index (χ0) is 24.6. The number of carbonyl (C=O) groups is 3. The lowest BCUT2D eigenvalue weighted by molar-refractivity contribution is -0.123. The Labute approximate surface area is 201 Å². The van der Waals surface area contributed by atoms with Gasteiger partial charge in [-0.15, -0.1) is 0 Å². The molecule has 2 rings (SSSR count). The molecule has 1 aromatic carbocycles. The van der Waals surface area contributed by atoms with Gasteiger partial charge in [0.05, 0.1) is 0 Å². The van der Waals surface area contributed by atoms with Crippen molar-refractivity contribution in [2.24, 2.45) is 11.8 Å². The molecule has 0 bridgehead atoms. The number of rotatable bonds is 7. The van der Waals surface area contributed by atoms with Crippen LogP contribution in [-0.4, -0.2) is 54.2 Å². The molecule has 0 radical (unpaired) electrons. The summed E-state index contributed by atoms with van der Waals surface area (Å²) in [6, 6.07) is 5.68. The highest BCUT2D eigenvalue weighted by Crippen LogP contribution is 2.19. The molecule has 0 unspecified atom stereocenters. The van der Waals surface area contributed by atoms with Crippen LogP contribution in [0.4, 0.5) is 15.3 Å². The van der Waals surface area contributed by atoms with Crippen molar-refractivity contribution in [3.63, 3.8) is 0 Å². The van der Waals surface area contributed by atoms with E-state index in [1.54, 1.807) is 29.2 Å². The summed E-state index contributed by atoms with van der Waals surface area (Å²) in [7, 11) is 0. The van der Waals surface area contributed by atoms with Crippen LogP contribution in [0.2, 0.25) is 5.02 Å². The standard InChI is InChI=1S/C24H37ClN4O4/c1-16(2)14-20(28-22(31)27-19-8-6-18(25)7-9-19)21(30)26-15-17-10-12-29(13-11-17)23(32)33-24(3,4)5/h6-9,16-17,20H,10-15H2,1-5H3,(H,26,30)(H2,27,28,31)/t20-/m1/s1. The highest BCUT2D eigenvalue weighted by molar-refractivity contribution is 6.30. The lowest BCUT2D eigenvalue weighted by Crippen LogP contribution is -2.50. The monoisotopic (exact) mass is 480 g/mol. The molecular formula is C24H37ClN4O4. The lowest BCUT2D eigenvalue weighted by atomic mass is 9.96. The maximum absolute atomic E-state index is 12.8. The van der Waals surface area contributed by atoms with Crippen LogP contribution in [0.15, 0.2) is 24.3 Å². The molecule has 0 spiro atoms. The molecule has 4 amide bonds. The summed E-state index contributed by atoms with van der Waals surface area (Å²) in [6.45, 7) is 11.3. The number of anilines is 1. The third kappa shape index (κ3) is 9.90. The number of benzene rings is 1. The van der Waals surface area contributed by atoms with Crippen molar-refractivity contribution in [1.29, 1.82) is 0 Å². The van der Waals surface area contributed by atoms with Crippen molar-refractivity contribution < 1.29 is 19.1 Å². The molecule has 1 aliphatic rings. The molecule has 1 aromatic rings. The van der Waals surface area contributed by atoms with Gasteiger partial charge in [-0.2, -0.15) is 0 Å². The fourth-order valence-corrected chi connectivity index (χ4v) is 3.70. The molecule has 8 nitrogen and oxygen atoms in total. The van der Waals surface area contributed by atoms with Crippen LogP contribution < -0.4 is 16.0 Å². The molecule has 3 N–H and O–H groups in total. The van der Waals surface area contributed by atoms with Crippen LogP contribution in [-0.2, 0) is 9.53 Å².